The molecule has 0 saturated heterocycles. The van der Waals surface area contributed by atoms with Crippen LogP contribution < -0.4 is 0 Å². The second-order valence-electron chi connectivity index (χ2n) is 2.68. The van der Waals surface area contributed by atoms with Crippen molar-refractivity contribution >= 4 is 0 Å². The van der Waals surface area contributed by atoms with Crippen molar-refractivity contribution < 1.29 is 0 Å². The molecule has 0 aromatic carbocycles. The molecule has 0 saturated carbocycles. The zero-order valence-corrected chi connectivity index (χ0v) is 7.93. The van der Waals surface area contributed by atoms with Gasteiger partial charge in [-0.25, -0.2) is 0 Å². The summed E-state index contributed by atoms with van der Waals surface area (Å²) < 4.78 is 0. The summed E-state index contributed by atoms with van der Waals surface area (Å²) in [7, 11) is 0. The van der Waals surface area contributed by atoms with Crippen LogP contribution in [-0.2, 0) is 0 Å². The van der Waals surface area contributed by atoms with Crippen LogP contribution >= 0.6 is 0 Å². The quantitative estimate of drug-likeness (QED) is 0.549. The van der Waals surface area contributed by atoms with E-state index in [2.05, 4.69) is 19.7 Å². The van der Waals surface area contributed by atoms with E-state index in [0.717, 1.165) is 16.7 Å². The lowest BCUT2D eigenvalue weighted by molar-refractivity contribution is 1.33. The Bertz CT molecular complexity index is 249. The van der Waals surface area contributed by atoms with E-state index in [1.807, 2.05) is 26.0 Å². The van der Waals surface area contributed by atoms with Crippen LogP contribution in [0.5, 0.6) is 0 Å². The molecule has 0 aromatic rings. The SMILES string of the molecule is C=C/C=C(C)\C(=C\C=C)C(=C)C. The minimum atomic E-state index is 1.05. The molecule has 0 aliphatic rings. The topological polar surface area (TPSA) is 0 Å². The van der Waals surface area contributed by atoms with Crippen molar-refractivity contribution in [2.45, 2.75) is 13.8 Å². The van der Waals surface area contributed by atoms with Crippen molar-refractivity contribution in [2.24, 2.45) is 0 Å². The molecule has 0 aliphatic heterocycles. The molecule has 0 spiro atoms. The first-order chi connectivity index (χ1) is 5.63. The Balaban J connectivity index is 4.87. The fraction of sp³-hybridized carbons (Fsp3) is 0.167. The van der Waals surface area contributed by atoms with Gasteiger partial charge >= 0.3 is 0 Å². The van der Waals surface area contributed by atoms with Crippen LogP contribution in [0.4, 0.5) is 0 Å². The normalized spacial score (nSPS) is 12.5. The molecule has 0 radical (unpaired) electrons. The molecule has 0 N–H and O–H groups in total. The molecule has 0 atom stereocenters. The highest BCUT2D eigenvalue weighted by Crippen LogP contribution is 2.17. The Morgan fingerprint density at radius 2 is 1.50 bits per heavy atom. The smallest absolute Gasteiger partial charge is 0.0204 e. The lowest BCUT2D eigenvalue weighted by Crippen LogP contribution is -1.85. The average Bonchev–Trinajstić information content (AvgIpc) is 1.99. The van der Waals surface area contributed by atoms with Gasteiger partial charge in [-0.3, -0.25) is 0 Å². The molecule has 0 amide bonds. The fourth-order valence-corrected chi connectivity index (χ4v) is 0.995. The second kappa shape index (κ2) is 5.36. The molecule has 0 heterocycles. The second-order valence-corrected chi connectivity index (χ2v) is 2.68. The van der Waals surface area contributed by atoms with Gasteiger partial charge in [-0.15, -0.1) is 0 Å². The van der Waals surface area contributed by atoms with Crippen molar-refractivity contribution in [1.82, 2.24) is 0 Å². The summed E-state index contributed by atoms with van der Waals surface area (Å²) in [6, 6.07) is 0. The Hall–Kier alpha value is -1.30. The summed E-state index contributed by atoms with van der Waals surface area (Å²) >= 11 is 0. The van der Waals surface area contributed by atoms with Crippen LogP contribution in [0.1, 0.15) is 13.8 Å². The summed E-state index contributed by atoms with van der Waals surface area (Å²) in [5.74, 6) is 0. The number of allylic oxidation sites excluding steroid dienone is 7. The maximum atomic E-state index is 3.89. The van der Waals surface area contributed by atoms with Gasteiger partial charge in [-0.2, -0.15) is 0 Å². The van der Waals surface area contributed by atoms with Gasteiger partial charge in [-0.1, -0.05) is 49.6 Å². The van der Waals surface area contributed by atoms with Crippen LogP contribution in [0.2, 0.25) is 0 Å². The molecule has 0 aromatic heterocycles. The van der Waals surface area contributed by atoms with E-state index in [1.54, 1.807) is 12.2 Å². The maximum absolute atomic E-state index is 3.89. The van der Waals surface area contributed by atoms with Crippen molar-refractivity contribution in [3.63, 3.8) is 0 Å². The Kier molecular flexibility index (Phi) is 4.78. The van der Waals surface area contributed by atoms with Crippen LogP contribution in [0.25, 0.3) is 0 Å². The minimum Gasteiger partial charge on any atom is -0.0991 e. The van der Waals surface area contributed by atoms with E-state index in [9.17, 15) is 0 Å². The zero-order valence-electron chi connectivity index (χ0n) is 7.93. The highest BCUT2D eigenvalue weighted by atomic mass is 14.0. The first-order valence-corrected chi connectivity index (χ1v) is 3.91. The summed E-state index contributed by atoms with van der Waals surface area (Å²) in [5.41, 5.74) is 3.34. The van der Waals surface area contributed by atoms with E-state index in [0.29, 0.717) is 0 Å². The summed E-state index contributed by atoms with van der Waals surface area (Å²) in [5, 5.41) is 0. The van der Waals surface area contributed by atoms with Gasteiger partial charge in [0.15, 0.2) is 0 Å². The van der Waals surface area contributed by atoms with Crippen molar-refractivity contribution in [3.8, 4) is 0 Å². The largest absolute Gasteiger partial charge is 0.0991 e. The number of rotatable bonds is 4. The molecule has 0 rings (SSSR count). The predicted molar refractivity (Wildman–Crippen MR) is 57.0 cm³/mol. The average molecular weight is 160 g/mol. The molecule has 0 fully saturated rings. The van der Waals surface area contributed by atoms with Gasteiger partial charge in [0, 0.05) is 0 Å². The van der Waals surface area contributed by atoms with Crippen molar-refractivity contribution in [3.05, 3.63) is 60.8 Å². The van der Waals surface area contributed by atoms with Gasteiger partial charge in [0.2, 0.25) is 0 Å². The van der Waals surface area contributed by atoms with E-state index in [-0.39, 0.29) is 0 Å². The lowest BCUT2D eigenvalue weighted by atomic mass is 10.0. The van der Waals surface area contributed by atoms with Crippen LogP contribution in [0.3, 0.4) is 0 Å². The van der Waals surface area contributed by atoms with Crippen LogP contribution in [0, 0.1) is 0 Å². The molecular formula is C12H16. The minimum absolute atomic E-state index is 1.05. The zero-order chi connectivity index (χ0) is 9.56. The number of hydrogen-bond donors (Lipinski definition) is 0. The Morgan fingerprint density at radius 3 is 1.83 bits per heavy atom. The molecule has 0 unspecified atom stereocenters. The van der Waals surface area contributed by atoms with E-state index < -0.39 is 0 Å². The first-order valence-electron chi connectivity index (χ1n) is 3.91. The summed E-state index contributed by atoms with van der Waals surface area (Å²) in [4.78, 5) is 0. The predicted octanol–water partition coefficient (Wildman–Crippen LogP) is 3.81. The van der Waals surface area contributed by atoms with Gasteiger partial charge < -0.3 is 0 Å². The van der Waals surface area contributed by atoms with E-state index in [1.165, 1.54) is 0 Å². The Morgan fingerprint density at radius 1 is 1.00 bits per heavy atom. The molecule has 0 heteroatoms. The number of hydrogen-bond acceptors (Lipinski definition) is 0. The standard InChI is InChI=1S/C12H16/c1-6-8-11(5)12(9-7-2)10(3)4/h6-9H,1-3H2,4-5H3/b11-8-,12-9+. The molecule has 64 valence electrons. The van der Waals surface area contributed by atoms with Gasteiger partial charge in [0.05, 0.1) is 0 Å². The molecule has 12 heavy (non-hydrogen) atoms. The van der Waals surface area contributed by atoms with E-state index in [4.69, 9.17) is 0 Å². The molecule has 0 bridgehead atoms. The third-order valence-electron chi connectivity index (χ3n) is 1.54. The highest BCUT2D eigenvalue weighted by Gasteiger charge is 1.97. The fourth-order valence-electron chi connectivity index (χ4n) is 0.995. The van der Waals surface area contributed by atoms with Crippen LogP contribution in [0.15, 0.2) is 60.8 Å². The molecular weight excluding hydrogens is 144 g/mol. The highest BCUT2D eigenvalue weighted by molar-refractivity contribution is 5.45. The Labute approximate surface area is 75.3 Å². The van der Waals surface area contributed by atoms with E-state index >= 15 is 0 Å². The summed E-state index contributed by atoms with van der Waals surface area (Å²) in [6.45, 7) is 15.2. The van der Waals surface area contributed by atoms with Crippen LogP contribution in [-0.4, -0.2) is 0 Å². The van der Waals surface area contributed by atoms with Gasteiger partial charge in [-0.05, 0) is 25.0 Å². The van der Waals surface area contributed by atoms with Gasteiger partial charge in [0.25, 0.3) is 0 Å². The lowest BCUT2D eigenvalue weighted by Gasteiger charge is -2.05. The first kappa shape index (κ1) is 10.7. The molecule has 0 nitrogen and oxygen atoms in total. The third kappa shape index (κ3) is 3.20. The van der Waals surface area contributed by atoms with Gasteiger partial charge in [0.1, 0.15) is 0 Å². The van der Waals surface area contributed by atoms with Crippen molar-refractivity contribution in [2.75, 3.05) is 0 Å². The monoisotopic (exact) mass is 160 g/mol. The maximum Gasteiger partial charge on any atom is -0.0204 e. The third-order valence-corrected chi connectivity index (χ3v) is 1.54. The molecule has 0 aliphatic carbocycles. The summed E-state index contributed by atoms with van der Waals surface area (Å²) in [6.07, 6.45) is 7.46. The van der Waals surface area contributed by atoms with Crippen molar-refractivity contribution in [1.29, 1.82) is 0 Å².